The first kappa shape index (κ1) is 19.6. The molecule has 0 spiro atoms. The van der Waals surface area contributed by atoms with Crippen LogP contribution in [0.1, 0.15) is 18.1 Å². The van der Waals surface area contributed by atoms with E-state index in [1.807, 2.05) is 0 Å². The molecule has 1 atom stereocenters. The third-order valence-electron chi connectivity index (χ3n) is 3.29. The average molecular weight is 347 g/mol. The minimum atomic E-state index is -1.21. The SMILES string of the molecule is CC(CN=[N+]=[N-])(C(=O)OCCN=[N+]=[N-])c1cccc(CON=NN)c1. The smallest absolute Gasteiger partial charge is 0.316 e. The second kappa shape index (κ2) is 10.3. The van der Waals surface area contributed by atoms with Gasteiger partial charge in [-0.05, 0) is 34.3 Å². The van der Waals surface area contributed by atoms with Crippen LogP contribution in [0, 0.1) is 0 Å². The molecule has 0 aliphatic carbocycles. The Balaban J connectivity index is 3.02. The van der Waals surface area contributed by atoms with Gasteiger partial charge in [0.05, 0.1) is 18.6 Å². The first-order valence-electron chi connectivity index (χ1n) is 7.09. The van der Waals surface area contributed by atoms with Crippen LogP contribution in [0.15, 0.2) is 45.0 Å². The van der Waals surface area contributed by atoms with Crippen LogP contribution in [0.25, 0.3) is 20.9 Å². The molecule has 0 aliphatic heterocycles. The largest absolute Gasteiger partial charge is 0.465 e. The van der Waals surface area contributed by atoms with Gasteiger partial charge in [0, 0.05) is 21.6 Å². The fourth-order valence-corrected chi connectivity index (χ4v) is 1.97. The summed E-state index contributed by atoms with van der Waals surface area (Å²) in [6.45, 7) is 1.48. The molecule has 25 heavy (non-hydrogen) atoms. The maximum absolute atomic E-state index is 12.5. The zero-order valence-electron chi connectivity index (χ0n) is 13.5. The van der Waals surface area contributed by atoms with Crippen LogP contribution in [0.2, 0.25) is 0 Å². The maximum Gasteiger partial charge on any atom is 0.316 e. The summed E-state index contributed by atoms with van der Waals surface area (Å²) in [6, 6.07) is 6.88. The van der Waals surface area contributed by atoms with Gasteiger partial charge in [-0.1, -0.05) is 34.5 Å². The molecule has 1 aromatic rings. The van der Waals surface area contributed by atoms with E-state index in [2.05, 4.69) is 30.6 Å². The summed E-state index contributed by atoms with van der Waals surface area (Å²) >= 11 is 0. The summed E-state index contributed by atoms with van der Waals surface area (Å²) in [5, 5.41) is 13.0. The van der Waals surface area contributed by atoms with Gasteiger partial charge in [0.25, 0.3) is 0 Å². The highest BCUT2D eigenvalue weighted by Gasteiger charge is 2.36. The second-order valence-electron chi connectivity index (χ2n) is 4.98. The van der Waals surface area contributed by atoms with Gasteiger partial charge in [0.15, 0.2) is 0 Å². The van der Waals surface area contributed by atoms with Crippen molar-refractivity contribution in [3.63, 3.8) is 0 Å². The van der Waals surface area contributed by atoms with Crippen molar-refractivity contribution in [3.8, 4) is 0 Å². The highest BCUT2D eigenvalue weighted by molar-refractivity contribution is 5.83. The molecule has 0 fully saturated rings. The van der Waals surface area contributed by atoms with Crippen LogP contribution in [0.3, 0.4) is 0 Å². The van der Waals surface area contributed by atoms with E-state index in [1.165, 1.54) is 0 Å². The lowest BCUT2D eigenvalue weighted by Crippen LogP contribution is -2.38. The standard InChI is InChI=1S/C13H17N9O3/c1-13(9-18-20-15,12(23)24-6-5-17-19-14)11-4-2-3-10(7-11)8-25-22-21-16/h2-4,7H,5-6,8-9H2,1H3,(H2,16,22). The van der Waals surface area contributed by atoms with Crippen LogP contribution < -0.4 is 5.84 Å². The fraction of sp³-hybridized carbons (Fsp3) is 0.462. The van der Waals surface area contributed by atoms with Gasteiger partial charge >= 0.3 is 5.97 Å². The molecule has 132 valence electrons. The van der Waals surface area contributed by atoms with Crippen LogP contribution in [0.5, 0.6) is 0 Å². The van der Waals surface area contributed by atoms with Gasteiger partial charge in [0.2, 0.25) is 0 Å². The summed E-state index contributed by atoms with van der Waals surface area (Å²) in [4.78, 5) is 22.6. The highest BCUT2D eigenvalue weighted by Crippen LogP contribution is 2.27. The van der Waals surface area contributed by atoms with Crippen molar-refractivity contribution >= 4 is 5.97 Å². The van der Waals surface area contributed by atoms with Crippen molar-refractivity contribution in [2.75, 3.05) is 19.7 Å². The molecule has 0 bridgehead atoms. The summed E-state index contributed by atoms with van der Waals surface area (Å²) < 4.78 is 5.13. The zero-order chi connectivity index (χ0) is 18.5. The molecule has 0 radical (unpaired) electrons. The fourth-order valence-electron chi connectivity index (χ4n) is 1.97. The van der Waals surface area contributed by atoms with E-state index < -0.39 is 11.4 Å². The Morgan fingerprint density at radius 2 is 2.08 bits per heavy atom. The summed E-state index contributed by atoms with van der Waals surface area (Å²) in [5.74, 6) is 4.25. The monoisotopic (exact) mass is 347 g/mol. The van der Waals surface area contributed by atoms with E-state index in [9.17, 15) is 4.79 Å². The van der Waals surface area contributed by atoms with Crippen molar-refractivity contribution in [1.29, 1.82) is 0 Å². The molecule has 0 amide bonds. The first-order valence-corrected chi connectivity index (χ1v) is 7.09. The van der Waals surface area contributed by atoms with Crippen molar-refractivity contribution in [2.24, 2.45) is 26.6 Å². The summed E-state index contributed by atoms with van der Waals surface area (Å²) in [7, 11) is 0. The Labute approximate surface area is 142 Å². The van der Waals surface area contributed by atoms with E-state index in [4.69, 9.17) is 26.5 Å². The molecule has 12 heteroatoms. The molecule has 0 saturated carbocycles. The Hall–Kier alpha value is -3.49. The van der Waals surface area contributed by atoms with E-state index >= 15 is 0 Å². The Morgan fingerprint density at radius 3 is 2.76 bits per heavy atom. The van der Waals surface area contributed by atoms with Gasteiger partial charge in [-0.25, -0.2) is 0 Å². The lowest BCUT2D eigenvalue weighted by atomic mass is 9.82. The number of nitrogens with two attached hydrogens (primary N) is 1. The molecular formula is C13H17N9O3. The number of rotatable bonds is 10. The van der Waals surface area contributed by atoms with Gasteiger partial charge in [0.1, 0.15) is 6.61 Å². The molecule has 1 aromatic carbocycles. The number of carbonyl (C=O) groups excluding carboxylic acids is 1. The molecule has 1 rings (SSSR count). The lowest BCUT2D eigenvalue weighted by Gasteiger charge is -2.26. The molecule has 12 nitrogen and oxygen atoms in total. The quantitative estimate of drug-likeness (QED) is 0.130. The number of hydrogen-bond donors (Lipinski definition) is 1. The van der Waals surface area contributed by atoms with Gasteiger partial charge in [-0.2, -0.15) is 0 Å². The maximum atomic E-state index is 12.5. The summed E-state index contributed by atoms with van der Waals surface area (Å²) in [5.41, 5.74) is 16.9. The second-order valence-corrected chi connectivity index (χ2v) is 4.98. The van der Waals surface area contributed by atoms with E-state index in [-0.39, 0.29) is 26.3 Å². The topological polar surface area (TPSA) is 184 Å². The highest BCUT2D eigenvalue weighted by atomic mass is 16.6. The number of nitrogens with zero attached hydrogens (tertiary/aromatic N) is 8. The minimum absolute atomic E-state index is 0.0117. The number of ether oxygens (including phenoxy) is 1. The Bertz CT molecular complexity index is 710. The predicted octanol–water partition coefficient (Wildman–Crippen LogP) is 2.87. The van der Waals surface area contributed by atoms with E-state index in [1.54, 1.807) is 31.2 Å². The zero-order valence-corrected chi connectivity index (χ0v) is 13.5. The van der Waals surface area contributed by atoms with Crippen molar-refractivity contribution in [1.82, 2.24) is 0 Å². The number of esters is 1. The van der Waals surface area contributed by atoms with Gasteiger partial charge in [-0.3, -0.25) is 4.79 Å². The van der Waals surface area contributed by atoms with Gasteiger partial charge in [-0.15, -0.1) is 0 Å². The van der Waals surface area contributed by atoms with Crippen LogP contribution in [0.4, 0.5) is 0 Å². The third kappa shape index (κ3) is 5.90. The van der Waals surface area contributed by atoms with Crippen molar-refractivity contribution in [2.45, 2.75) is 18.9 Å². The van der Waals surface area contributed by atoms with E-state index in [0.717, 1.165) is 0 Å². The van der Waals surface area contributed by atoms with Crippen molar-refractivity contribution in [3.05, 3.63) is 56.3 Å². The molecule has 2 N–H and O–H groups in total. The average Bonchev–Trinajstić information content (AvgIpc) is 2.63. The molecular weight excluding hydrogens is 330 g/mol. The third-order valence-corrected chi connectivity index (χ3v) is 3.29. The first-order chi connectivity index (χ1) is 12.1. The minimum Gasteiger partial charge on any atom is -0.465 e. The molecule has 0 saturated heterocycles. The number of hydrogen-bond acceptors (Lipinski definition) is 7. The Morgan fingerprint density at radius 1 is 1.32 bits per heavy atom. The van der Waals surface area contributed by atoms with Crippen molar-refractivity contribution < 1.29 is 14.4 Å². The molecule has 0 heterocycles. The number of carbonyl (C=O) groups is 1. The predicted molar refractivity (Wildman–Crippen MR) is 86.6 cm³/mol. The van der Waals surface area contributed by atoms with Crippen LogP contribution in [-0.2, 0) is 26.4 Å². The van der Waals surface area contributed by atoms with E-state index in [0.29, 0.717) is 11.1 Å². The number of benzene rings is 1. The van der Waals surface area contributed by atoms with Crippen LogP contribution >= 0.6 is 0 Å². The molecule has 0 aliphatic rings. The Kier molecular flexibility index (Phi) is 8.07. The van der Waals surface area contributed by atoms with Gasteiger partial charge < -0.3 is 15.4 Å². The van der Waals surface area contributed by atoms with Crippen LogP contribution in [-0.4, -0.2) is 25.7 Å². The molecule has 1 unspecified atom stereocenters. The lowest BCUT2D eigenvalue weighted by molar-refractivity contribution is -0.149. The normalized spacial score (nSPS) is 12.5. The summed E-state index contributed by atoms with van der Waals surface area (Å²) in [6.07, 6.45) is 0. The molecule has 0 aromatic heterocycles. The number of azide groups is 2.